The Morgan fingerprint density at radius 3 is 2.35 bits per heavy atom. The van der Waals surface area contributed by atoms with Crippen LogP contribution in [0.15, 0.2) is 28.7 Å². The summed E-state index contributed by atoms with van der Waals surface area (Å²) in [4.78, 5) is 25.8. The molecule has 126 valence electrons. The van der Waals surface area contributed by atoms with Gasteiger partial charge in [-0.3, -0.25) is 4.90 Å². The first-order valence-electron chi connectivity index (χ1n) is 7.56. The standard InChI is InChI=1S/C17H22BrNO4/c1-16(2,3)23-15(22)19-13(9-10-17(19,4)14(20)21)11-5-7-12(18)8-6-11/h5-8,13H,9-10H2,1-4H3,(H,20,21)/t13-,17+/m1/s1. The molecule has 0 bridgehead atoms. The number of carbonyl (C=O) groups excluding carboxylic acids is 1. The lowest BCUT2D eigenvalue weighted by Crippen LogP contribution is -2.52. The first-order valence-corrected chi connectivity index (χ1v) is 8.35. The topological polar surface area (TPSA) is 66.8 Å². The van der Waals surface area contributed by atoms with E-state index in [4.69, 9.17) is 4.74 Å². The van der Waals surface area contributed by atoms with Crippen molar-refractivity contribution in [3.8, 4) is 0 Å². The predicted molar refractivity (Wildman–Crippen MR) is 90.2 cm³/mol. The highest BCUT2D eigenvalue weighted by molar-refractivity contribution is 9.10. The maximum Gasteiger partial charge on any atom is 0.411 e. The fraction of sp³-hybridized carbons (Fsp3) is 0.529. The molecule has 0 saturated carbocycles. The average molecular weight is 384 g/mol. The number of carboxylic acids is 1. The summed E-state index contributed by atoms with van der Waals surface area (Å²) in [6.45, 7) is 6.90. The van der Waals surface area contributed by atoms with Gasteiger partial charge in [0.05, 0.1) is 6.04 Å². The van der Waals surface area contributed by atoms with Gasteiger partial charge in [0.2, 0.25) is 0 Å². The number of hydrogen-bond acceptors (Lipinski definition) is 3. The van der Waals surface area contributed by atoms with Gasteiger partial charge in [-0.05, 0) is 58.2 Å². The second-order valence-corrected chi connectivity index (χ2v) is 7.95. The molecular weight excluding hydrogens is 362 g/mol. The number of rotatable bonds is 2. The zero-order valence-electron chi connectivity index (χ0n) is 13.8. The smallest absolute Gasteiger partial charge is 0.411 e. The largest absolute Gasteiger partial charge is 0.480 e. The van der Waals surface area contributed by atoms with Crippen LogP contribution in [-0.4, -0.2) is 33.2 Å². The van der Waals surface area contributed by atoms with Crippen molar-refractivity contribution in [3.05, 3.63) is 34.3 Å². The summed E-state index contributed by atoms with van der Waals surface area (Å²) in [7, 11) is 0. The van der Waals surface area contributed by atoms with Crippen molar-refractivity contribution in [1.29, 1.82) is 0 Å². The number of halogens is 1. The molecule has 6 heteroatoms. The van der Waals surface area contributed by atoms with Crippen LogP contribution in [0.2, 0.25) is 0 Å². The third kappa shape index (κ3) is 3.68. The molecule has 1 heterocycles. The number of benzene rings is 1. The monoisotopic (exact) mass is 383 g/mol. The van der Waals surface area contributed by atoms with Crippen LogP contribution >= 0.6 is 15.9 Å². The molecule has 2 rings (SSSR count). The Balaban J connectivity index is 2.40. The third-order valence-electron chi connectivity index (χ3n) is 4.05. The van der Waals surface area contributed by atoms with E-state index in [2.05, 4.69) is 15.9 Å². The molecule has 1 aliphatic heterocycles. The Labute approximate surface area is 144 Å². The van der Waals surface area contributed by atoms with Crippen LogP contribution in [0.25, 0.3) is 0 Å². The number of likely N-dealkylation sites (tertiary alicyclic amines) is 1. The first kappa shape index (κ1) is 17.8. The van der Waals surface area contributed by atoms with Gasteiger partial charge in [0.1, 0.15) is 11.1 Å². The first-order chi connectivity index (χ1) is 10.5. The molecule has 1 fully saturated rings. The number of ether oxygens (including phenoxy) is 1. The number of nitrogens with zero attached hydrogens (tertiary/aromatic N) is 1. The summed E-state index contributed by atoms with van der Waals surface area (Å²) in [5.41, 5.74) is -1.03. The molecule has 0 radical (unpaired) electrons. The van der Waals surface area contributed by atoms with Gasteiger partial charge in [-0.1, -0.05) is 28.1 Å². The van der Waals surface area contributed by atoms with E-state index < -0.39 is 23.2 Å². The lowest BCUT2D eigenvalue weighted by Gasteiger charge is -2.36. The van der Waals surface area contributed by atoms with Gasteiger partial charge in [0.25, 0.3) is 0 Å². The minimum Gasteiger partial charge on any atom is -0.480 e. The zero-order valence-corrected chi connectivity index (χ0v) is 15.4. The summed E-state index contributed by atoms with van der Waals surface area (Å²) < 4.78 is 6.39. The van der Waals surface area contributed by atoms with Crippen molar-refractivity contribution >= 4 is 28.0 Å². The van der Waals surface area contributed by atoms with Gasteiger partial charge in [0, 0.05) is 4.47 Å². The second kappa shape index (κ2) is 6.15. The van der Waals surface area contributed by atoms with E-state index in [-0.39, 0.29) is 6.04 Å². The Kier molecular flexibility index (Phi) is 4.76. The minimum atomic E-state index is -1.26. The fourth-order valence-electron chi connectivity index (χ4n) is 2.86. The molecule has 1 aliphatic rings. The van der Waals surface area contributed by atoms with Gasteiger partial charge in [-0.2, -0.15) is 0 Å². The van der Waals surface area contributed by atoms with Gasteiger partial charge in [-0.15, -0.1) is 0 Å². The van der Waals surface area contributed by atoms with E-state index in [1.54, 1.807) is 27.7 Å². The van der Waals surface area contributed by atoms with Gasteiger partial charge in [0.15, 0.2) is 0 Å². The summed E-state index contributed by atoms with van der Waals surface area (Å²) in [5.74, 6) is -1.01. The summed E-state index contributed by atoms with van der Waals surface area (Å²) >= 11 is 3.38. The van der Waals surface area contributed by atoms with Crippen LogP contribution in [0.1, 0.15) is 52.1 Å². The van der Waals surface area contributed by atoms with E-state index in [1.165, 1.54) is 4.90 Å². The quantitative estimate of drug-likeness (QED) is 0.823. The molecule has 0 unspecified atom stereocenters. The van der Waals surface area contributed by atoms with E-state index in [0.717, 1.165) is 10.0 Å². The number of carbonyl (C=O) groups is 2. The van der Waals surface area contributed by atoms with Gasteiger partial charge in [-0.25, -0.2) is 9.59 Å². The van der Waals surface area contributed by atoms with Crippen LogP contribution in [0.5, 0.6) is 0 Å². The summed E-state index contributed by atoms with van der Waals surface area (Å²) in [6, 6.07) is 7.27. The molecule has 1 saturated heterocycles. The highest BCUT2D eigenvalue weighted by Crippen LogP contribution is 2.43. The van der Waals surface area contributed by atoms with E-state index in [1.807, 2.05) is 24.3 Å². The summed E-state index contributed by atoms with van der Waals surface area (Å²) in [6.07, 6.45) is 0.388. The van der Waals surface area contributed by atoms with E-state index in [9.17, 15) is 14.7 Å². The molecule has 5 nitrogen and oxygen atoms in total. The minimum absolute atomic E-state index is 0.306. The molecule has 23 heavy (non-hydrogen) atoms. The van der Waals surface area contributed by atoms with Crippen LogP contribution < -0.4 is 0 Å². The van der Waals surface area contributed by atoms with Crippen molar-refractivity contribution in [2.75, 3.05) is 0 Å². The Bertz CT molecular complexity index is 608. The highest BCUT2D eigenvalue weighted by Gasteiger charge is 2.52. The van der Waals surface area contributed by atoms with Crippen LogP contribution in [-0.2, 0) is 9.53 Å². The maximum atomic E-state index is 12.7. The third-order valence-corrected chi connectivity index (χ3v) is 4.58. The lowest BCUT2D eigenvalue weighted by molar-refractivity contribution is -0.149. The van der Waals surface area contributed by atoms with Crippen molar-refractivity contribution < 1.29 is 19.4 Å². The highest BCUT2D eigenvalue weighted by atomic mass is 79.9. The van der Waals surface area contributed by atoms with Gasteiger partial charge >= 0.3 is 12.1 Å². The molecule has 0 spiro atoms. The lowest BCUT2D eigenvalue weighted by atomic mass is 10.00. The van der Waals surface area contributed by atoms with Crippen LogP contribution in [0.4, 0.5) is 4.79 Å². The van der Waals surface area contributed by atoms with Crippen molar-refractivity contribution in [2.24, 2.45) is 0 Å². The molecule has 1 N–H and O–H groups in total. The van der Waals surface area contributed by atoms with E-state index in [0.29, 0.717) is 12.8 Å². The molecule has 1 aromatic carbocycles. The molecule has 1 amide bonds. The number of carboxylic acid groups (broad SMARTS) is 1. The van der Waals surface area contributed by atoms with Crippen LogP contribution in [0.3, 0.4) is 0 Å². The Morgan fingerprint density at radius 2 is 1.87 bits per heavy atom. The predicted octanol–water partition coefficient (Wildman–Crippen LogP) is 4.36. The number of hydrogen-bond donors (Lipinski definition) is 1. The number of aliphatic carboxylic acids is 1. The van der Waals surface area contributed by atoms with Crippen molar-refractivity contribution in [2.45, 2.75) is 57.7 Å². The SMILES string of the molecule is CC(C)(C)OC(=O)N1[C@@H](c2ccc(Br)cc2)CC[C@@]1(C)C(=O)O. The zero-order chi connectivity index (χ0) is 17.4. The van der Waals surface area contributed by atoms with Crippen molar-refractivity contribution in [1.82, 2.24) is 4.90 Å². The maximum absolute atomic E-state index is 12.7. The Morgan fingerprint density at radius 1 is 1.30 bits per heavy atom. The molecule has 1 aromatic rings. The van der Waals surface area contributed by atoms with Crippen molar-refractivity contribution in [3.63, 3.8) is 0 Å². The molecule has 2 atom stereocenters. The second-order valence-electron chi connectivity index (χ2n) is 7.04. The molecular formula is C17H22BrNO4. The van der Waals surface area contributed by atoms with E-state index >= 15 is 0 Å². The molecule has 0 aliphatic carbocycles. The van der Waals surface area contributed by atoms with Crippen LogP contribution in [0, 0.1) is 0 Å². The average Bonchev–Trinajstić information content (AvgIpc) is 2.77. The molecule has 0 aromatic heterocycles. The Hall–Kier alpha value is -1.56. The van der Waals surface area contributed by atoms with Gasteiger partial charge < -0.3 is 9.84 Å². The number of amides is 1. The fourth-order valence-corrected chi connectivity index (χ4v) is 3.13. The normalized spacial score (nSPS) is 24.6. The summed E-state index contributed by atoms with van der Waals surface area (Å²) in [5, 5.41) is 9.64.